The van der Waals surface area contributed by atoms with Gasteiger partial charge in [0.05, 0.1) is 0 Å². The highest BCUT2D eigenvalue weighted by Gasteiger charge is 2.14. The smallest absolute Gasteiger partial charge is 0.205 e. The topological polar surface area (TPSA) is 3.88 Å². The van der Waals surface area contributed by atoms with Crippen molar-refractivity contribution in [2.75, 3.05) is 0 Å². The van der Waals surface area contributed by atoms with Crippen LogP contribution in [0.3, 0.4) is 0 Å². The maximum absolute atomic E-state index is 13.5. The van der Waals surface area contributed by atoms with Gasteiger partial charge in [0.2, 0.25) is 11.0 Å². The van der Waals surface area contributed by atoms with Crippen molar-refractivity contribution in [2.24, 2.45) is 0 Å². The van der Waals surface area contributed by atoms with Gasteiger partial charge < -0.3 is 0 Å². The molecule has 1 nitrogen and oxygen atoms in total. The minimum Gasteiger partial charge on any atom is -0.205 e. The first kappa shape index (κ1) is 10.4. The molecule has 17 heavy (non-hydrogen) atoms. The van der Waals surface area contributed by atoms with Gasteiger partial charge >= 0.3 is 0 Å². The average molecular weight is 244 g/mol. The predicted octanol–water partition coefficient (Wildman–Crippen LogP) is 3.38. The Morgan fingerprint density at radius 3 is 2.65 bits per heavy atom. The van der Waals surface area contributed by atoms with Gasteiger partial charge in [-0.2, -0.15) is 4.57 Å². The first-order chi connectivity index (χ1) is 8.34. The third-order valence-corrected chi connectivity index (χ3v) is 3.75. The largest absolute Gasteiger partial charge is 0.226 e. The van der Waals surface area contributed by atoms with E-state index < -0.39 is 0 Å². The zero-order valence-corrected chi connectivity index (χ0v) is 9.95. The van der Waals surface area contributed by atoms with E-state index >= 15 is 0 Å². The molecule has 3 heteroatoms. The van der Waals surface area contributed by atoms with E-state index in [2.05, 4.69) is 16.7 Å². The van der Waals surface area contributed by atoms with Crippen molar-refractivity contribution in [3.05, 3.63) is 65.4 Å². The Morgan fingerprint density at radius 1 is 1.00 bits per heavy atom. The molecule has 1 aromatic heterocycles. The quantitative estimate of drug-likeness (QED) is 0.608. The summed E-state index contributed by atoms with van der Waals surface area (Å²) in [6, 6.07) is 15.4. The van der Waals surface area contributed by atoms with Gasteiger partial charge in [-0.15, -0.1) is 0 Å². The van der Waals surface area contributed by atoms with Crippen LogP contribution in [0.15, 0.2) is 54.0 Å². The molecule has 2 aromatic carbocycles. The molecular weight excluding hydrogens is 233 g/mol. The van der Waals surface area contributed by atoms with E-state index in [4.69, 9.17) is 0 Å². The molecule has 0 amide bonds. The average Bonchev–Trinajstić information content (AvgIpc) is 2.76. The highest BCUT2D eigenvalue weighted by Crippen LogP contribution is 2.19. The lowest BCUT2D eigenvalue weighted by Gasteiger charge is -1.95. The molecule has 0 aliphatic heterocycles. The number of fused-ring (bicyclic) bond motifs is 1. The van der Waals surface area contributed by atoms with Crippen molar-refractivity contribution in [3.8, 4) is 0 Å². The molecule has 0 atom stereocenters. The highest BCUT2D eigenvalue weighted by molar-refractivity contribution is 7.16. The SMILES string of the molecule is Fc1cccc2c1sc[n+]2Cc1ccccc1. The van der Waals surface area contributed by atoms with E-state index in [0.29, 0.717) is 0 Å². The Balaban J connectivity index is 2.05. The fraction of sp³-hybridized carbons (Fsp3) is 0.0714. The molecule has 0 aliphatic rings. The molecule has 1 heterocycles. The number of rotatable bonds is 2. The van der Waals surface area contributed by atoms with E-state index in [9.17, 15) is 4.39 Å². The van der Waals surface area contributed by atoms with Crippen LogP contribution in [-0.2, 0) is 6.54 Å². The van der Waals surface area contributed by atoms with Gasteiger partial charge in [-0.05, 0) is 6.07 Å². The van der Waals surface area contributed by atoms with Gasteiger partial charge in [-0.25, -0.2) is 4.39 Å². The fourth-order valence-electron chi connectivity index (χ4n) is 1.92. The van der Waals surface area contributed by atoms with E-state index in [1.54, 1.807) is 6.07 Å². The molecule has 0 saturated carbocycles. The van der Waals surface area contributed by atoms with Gasteiger partial charge in [-0.3, -0.25) is 0 Å². The molecule has 3 rings (SSSR count). The van der Waals surface area contributed by atoms with Crippen molar-refractivity contribution in [1.29, 1.82) is 0 Å². The van der Waals surface area contributed by atoms with Crippen LogP contribution < -0.4 is 4.57 Å². The van der Waals surface area contributed by atoms with Crippen LogP contribution in [0, 0.1) is 5.82 Å². The molecule has 0 radical (unpaired) electrons. The second kappa shape index (κ2) is 4.26. The van der Waals surface area contributed by atoms with Crippen molar-refractivity contribution in [3.63, 3.8) is 0 Å². The summed E-state index contributed by atoms with van der Waals surface area (Å²) in [5.74, 6) is -0.140. The van der Waals surface area contributed by atoms with E-state index in [1.165, 1.54) is 23.0 Å². The molecule has 84 valence electrons. The molecule has 0 unspecified atom stereocenters. The van der Waals surface area contributed by atoms with E-state index in [-0.39, 0.29) is 5.82 Å². The number of thiazole rings is 1. The van der Waals surface area contributed by atoms with Crippen LogP contribution in [0.25, 0.3) is 10.2 Å². The molecule has 0 N–H and O–H groups in total. The minimum atomic E-state index is -0.140. The summed E-state index contributed by atoms with van der Waals surface area (Å²) in [7, 11) is 0. The zero-order valence-electron chi connectivity index (χ0n) is 9.14. The lowest BCUT2D eigenvalue weighted by molar-refractivity contribution is -0.658. The third-order valence-electron chi connectivity index (χ3n) is 2.75. The molecule has 0 saturated heterocycles. The Kier molecular flexibility index (Phi) is 2.61. The first-order valence-electron chi connectivity index (χ1n) is 5.44. The monoisotopic (exact) mass is 244 g/mol. The van der Waals surface area contributed by atoms with Crippen molar-refractivity contribution < 1.29 is 8.96 Å². The van der Waals surface area contributed by atoms with Crippen LogP contribution in [0.1, 0.15) is 5.56 Å². The third kappa shape index (κ3) is 1.94. The number of nitrogens with zero attached hydrogens (tertiary/aromatic N) is 1. The number of benzene rings is 2. The Morgan fingerprint density at radius 2 is 1.82 bits per heavy atom. The van der Waals surface area contributed by atoms with E-state index in [0.717, 1.165) is 16.8 Å². The van der Waals surface area contributed by atoms with Crippen molar-refractivity contribution in [2.45, 2.75) is 6.54 Å². The lowest BCUT2D eigenvalue weighted by atomic mass is 10.2. The van der Waals surface area contributed by atoms with Crippen molar-refractivity contribution in [1.82, 2.24) is 0 Å². The summed E-state index contributed by atoms with van der Waals surface area (Å²) < 4.78 is 16.3. The highest BCUT2D eigenvalue weighted by atomic mass is 32.1. The number of hydrogen-bond acceptors (Lipinski definition) is 1. The van der Waals surface area contributed by atoms with Gasteiger partial charge in [0.25, 0.3) is 0 Å². The molecule has 3 aromatic rings. The van der Waals surface area contributed by atoms with Crippen LogP contribution in [0.2, 0.25) is 0 Å². The summed E-state index contributed by atoms with van der Waals surface area (Å²) >= 11 is 1.45. The minimum absolute atomic E-state index is 0.140. The summed E-state index contributed by atoms with van der Waals surface area (Å²) in [6.45, 7) is 0.782. The van der Waals surface area contributed by atoms with Crippen LogP contribution >= 0.6 is 11.3 Å². The van der Waals surface area contributed by atoms with Crippen molar-refractivity contribution >= 4 is 21.6 Å². The molecular formula is C14H11FNS+. The van der Waals surface area contributed by atoms with Crippen LogP contribution in [0.4, 0.5) is 4.39 Å². The molecule has 0 spiro atoms. The maximum atomic E-state index is 13.5. The molecule has 0 aliphatic carbocycles. The van der Waals surface area contributed by atoms with Gasteiger partial charge in [0, 0.05) is 11.6 Å². The number of halogens is 1. The van der Waals surface area contributed by atoms with Crippen LogP contribution in [-0.4, -0.2) is 0 Å². The van der Waals surface area contributed by atoms with Crippen LogP contribution in [0.5, 0.6) is 0 Å². The first-order valence-corrected chi connectivity index (χ1v) is 6.31. The summed E-state index contributed by atoms with van der Waals surface area (Å²) in [4.78, 5) is 0. The predicted molar refractivity (Wildman–Crippen MR) is 67.5 cm³/mol. The Bertz CT molecular complexity index is 646. The normalized spacial score (nSPS) is 10.9. The second-order valence-electron chi connectivity index (χ2n) is 3.92. The lowest BCUT2D eigenvalue weighted by Crippen LogP contribution is -2.31. The zero-order chi connectivity index (χ0) is 11.7. The van der Waals surface area contributed by atoms with Gasteiger partial charge in [0.15, 0.2) is 6.54 Å². The van der Waals surface area contributed by atoms with E-state index in [1.807, 2.05) is 29.8 Å². The second-order valence-corrected chi connectivity index (χ2v) is 4.78. The fourth-order valence-corrected chi connectivity index (χ4v) is 2.82. The number of hydrogen-bond donors (Lipinski definition) is 0. The summed E-state index contributed by atoms with van der Waals surface area (Å²) in [6.07, 6.45) is 0. The number of aromatic nitrogens is 1. The summed E-state index contributed by atoms with van der Waals surface area (Å²) in [5.41, 5.74) is 4.15. The summed E-state index contributed by atoms with van der Waals surface area (Å²) in [5, 5.41) is 0. The Labute approximate surface area is 103 Å². The molecule has 0 fully saturated rings. The van der Waals surface area contributed by atoms with Gasteiger partial charge in [-0.1, -0.05) is 47.7 Å². The standard InChI is InChI=1S/C14H11FNS/c15-12-7-4-8-13-14(12)17-10-16(13)9-11-5-2-1-3-6-11/h1-8,10H,9H2/q+1. The molecule has 0 bridgehead atoms. The van der Waals surface area contributed by atoms with Gasteiger partial charge in [0.1, 0.15) is 10.5 Å². The Hall–Kier alpha value is -1.74. The maximum Gasteiger partial charge on any atom is 0.226 e.